The summed E-state index contributed by atoms with van der Waals surface area (Å²) in [6, 6.07) is 18.1. The van der Waals surface area contributed by atoms with E-state index in [2.05, 4.69) is 24.8 Å². The summed E-state index contributed by atoms with van der Waals surface area (Å²) in [4.78, 5) is 2.29. The zero-order chi connectivity index (χ0) is 19.5. The molecule has 0 saturated carbocycles. The van der Waals surface area contributed by atoms with Crippen LogP contribution in [-0.2, 0) is 17.9 Å². The Labute approximate surface area is 163 Å². The molecule has 0 aromatic heterocycles. The third-order valence-electron chi connectivity index (χ3n) is 4.50. The van der Waals surface area contributed by atoms with E-state index in [0.29, 0.717) is 25.7 Å². The van der Waals surface area contributed by atoms with Crippen molar-refractivity contribution in [3.63, 3.8) is 0 Å². The van der Waals surface area contributed by atoms with Gasteiger partial charge in [0.15, 0.2) is 0 Å². The van der Waals surface area contributed by atoms with Crippen LogP contribution in [0.3, 0.4) is 0 Å². The van der Waals surface area contributed by atoms with Crippen molar-refractivity contribution in [3.8, 4) is 5.75 Å². The fraction of sp³-hybridized carbons (Fsp3) is 0.478. The van der Waals surface area contributed by atoms with Crippen molar-refractivity contribution in [3.05, 3.63) is 65.7 Å². The smallest absolute Gasteiger partial charge is 0.123 e. The van der Waals surface area contributed by atoms with Crippen LogP contribution in [-0.4, -0.2) is 42.9 Å². The van der Waals surface area contributed by atoms with Crippen molar-refractivity contribution in [1.29, 1.82) is 0 Å². The highest BCUT2D eigenvalue weighted by Gasteiger charge is 2.15. The van der Waals surface area contributed by atoms with Gasteiger partial charge in [0.05, 0.1) is 26.4 Å². The number of aliphatic hydroxyl groups is 1. The molecule has 0 spiro atoms. The second-order valence-electron chi connectivity index (χ2n) is 7.38. The molecule has 0 bridgehead atoms. The van der Waals surface area contributed by atoms with Crippen molar-refractivity contribution in [2.75, 3.05) is 26.8 Å². The van der Waals surface area contributed by atoms with Gasteiger partial charge in [-0.25, -0.2) is 0 Å². The molecule has 0 amide bonds. The van der Waals surface area contributed by atoms with Gasteiger partial charge in [-0.3, -0.25) is 4.90 Å². The molecule has 1 atom stereocenters. The van der Waals surface area contributed by atoms with Crippen LogP contribution >= 0.6 is 0 Å². The van der Waals surface area contributed by atoms with Crippen LogP contribution in [0.2, 0.25) is 0 Å². The van der Waals surface area contributed by atoms with Crippen LogP contribution in [0.25, 0.3) is 0 Å². The molecule has 4 nitrogen and oxygen atoms in total. The third kappa shape index (κ3) is 8.12. The van der Waals surface area contributed by atoms with E-state index in [1.165, 1.54) is 0 Å². The summed E-state index contributed by atoms with van der Waals surface area (Å²) >= 11 is 0. The van der Waals surface area contributed by atoms with E-state index in [-0.39, 0.29) is 0 Å². The van der Waals surface area contributed by atoms with E-state index in [0.717, 1.165) is 36.4 Å². The number of hydrogen-bond acceptors (Lipinski definition) is 4. The normalized spacial score (nSPS) is 12.5. The highest BCUT2D eigenvalue weighted by Crippen LogP contribution is 2.20. The van der Waals surface area contributed by atoms with Crippen molar-refractivity contribution < 1.29 is 14.6 Å². The predicted octanol–water partition coefficient (Wildman–Crippen LogP) is 4.12. The lowest BCUT2D eigenvalue weighted by Crippen LogP contribution is -2.35. The number of aliphatic hydroxyl groups excluding tert-OH is 1. The maximum atomic E-state index is 10.5. The lowest BCUT2D eigenvalue weighted by Gasteiger charge is -2.26. The fourth-order valence-corrected chi connectivity index (χ4v) is 2.99. The molecule has 0 aliphatic rings. The summed E-state index contributed by atoms with van der Waals surface area (Å²) in [5.74, 6) is 1.51. The van der Waals surface area contributed by atoms with Crippen LogP contribution < -0.4 is 4.74 Å². The average Bonchev–Trinajstić information content (AvgIpc) is 2.67. The third-order valence-corrected chi connectivity index (χ3v) is 4.50. The number of para-hydroxylation sites is 1. The Morgan fingerprint density at radius 1 is 1.00 bits per heavy atom. The van der Waals surface area contributed by atoms with Gasteiger partial charge in [-0.2, -0.15) is 0 Å². The minimum Gasteiger partial charge on any atom is -0.496 e. The molecule has 1 N–H and O–H groups in total. The molecule has 2 rings (SSSR count). The number of methoxy groups -OCH3 is 1. The number of rotatable bonds is 12. The van der Waals surface area contributed by atoms with Crippen molar-refractivity contribution in [2.45, 2.75) is 39.5 Å². The Morgan fingerprint density at radius 3 is 2.41 bits per heavy atom. The highest BCUT2D eigenvalue weighted by molar-refractivity contribution is 5.33. The molecule has 0 unspecified atom stereocenters. The predicted molar refractivity (Wildman–Crippen MR) is 110 cm³/mol. The minimum absolute atomic E-state index is 0.332. The van der Waals surface area contributed by atoms with Crippen molar-refractivity contribution >= 4 is 0 Å². The molecule has 2 aromatic carbocycles. The van der Waals surface area contributed by atoms with Gasteiger partial charge in [0.2, 0.25) is 0 Å². The summed E-state index contributed by atoms with van der Waals surface area (Å²) in [5, 5.41) is 10.5. The van der Waals surface area contributed by atoms with Gasteiger partial charge in [0, 0.05) is 18.7 Å². The topological polar surface area (TPSA) is 41.9 Å². The molecular weight excluding hydrogens is 338 g/mol. The minimum atomic E-state index is -0.518. The second-order valence-corrected chi connectivity index (χ2v) is 7.38. The summed E-state index contributed by atoms with van der Waals surface area (Å²) in [5.41, 5.74) is 2.26. The molecule has 4 heteroatoms. The molecule has 148 valence electrons. The molecule has 27 heavy (non-hydrogen) atoms. The van der Waals surface area contributed by atoms with Gasteiger partial charge in [0.1, 0.15) is 5.75 Å². The molecular formula is C23H33NO3. The van der Waals surface area contributed by atoms with Crippen LogP contribution in [0, 0.1) is 5.92 Å². The fourth-order valence-electron chi connectivity index (χ4n) is 2.99. The summed E-state index contributed by atoms with van der Waals surface area (Å²) < 4.78 is 11.2. The Hall–Kier alpha value is -1.88. The molecule has 0 radical (unpaired) electrons. The monoisotopic (exact) mass is 371 g/mol. The van der Waals surface area contributed by atoms with Crippen LogP contribution in [0.15, 0.2) is 54.6 Å². The maximum absolute atomic E-state index is 10.5. The standard InChI is InChI=1S/C23H33NO3/c1-19(2)13-14-24(15-21-11-7-8-12-23(21)26-3)16-22(25)18-27-17-20-9-5-4-6-10-20/h4-12,19,22,25H,13-18H2,1-3H3/t22-/m1/s1. The molecule has 0 fully saturated rings. The van der Waals surface area contributed by atoms with Gasteiger partial charge in [-0.15, -0.1) is 0 Å². The zero-order valence-corrected chi connectivity index (χ0v) is 16.8. The molecule has 0 heterocycles. The zero-order valence-electron chi connectivity index (χ0n) is 16.8. The maximum Gasteiger partial charge on any atom is 0.123 e. The summed E-state index contributed by atoms with van der Waals surface area (Å²) in [6.07, 6.45) is 0.572. The second kappa shape index (κ2) is 11.8. The quantitative estimate of drug-likeness (QED) is 0.609. The highest BCUT2D eigenvalue weighted by atomic mass is 16.5. The van der Waals surface area contributed by atoms with Crippen molar-refractivity contribution in [1.82, 2.24) is 4.90 Å². The number of hydrogen-bond donors (Lipinski definition) is 1. The number of nitrogens with zero attached hydrogens (tertiary/aromatic N) is 1. The van der Waals surface area contributed by atoms with Gasteiger partial charge in [-0.05, 0) is 30.5 Å². The van der Waals surface area contributed by atoms with Gasteiger partial charge >= 0.3 is 0 Å². The lowest BCUT2D eigenvalue weighted by molar-refractivity contribution is 0.00779. The SMILES string of the molecule is COc1ccccc1CN(CCC(C)C)C[C@@H](O)COCc1ccccc1. The van der Waals surface area contributed by atoms with E-state index in [1.807, 2.05) is 48.5 Å². The van der Waals surface area contributed by atoms with Crippen molar-refractivity contribution in [2.24, 2.45) is 5.92 Å². The Bertz CT molecular complexity index is 645. The van der Waals surface area contributed by atoms with E-state index in [1.54, 1.807) is 7.11 Å². The van der Waals surface area contributed by atoms with Crippen LogP contribution in [0.1, 0.15) is 31.4 Å². The number of ether oxygens (including phenoxy) is 2. The molecule has 0 aliphatic heterocycles. The first-order chi connectivity index (χ1) is 13.1. The first-order valence-corrected chi connectivity index (χ1v) is 9.72. The van der Waals surface area contributed by atoms with E-state index in [9.17, 15) is 5.11 Å². The molecule has 0 saturated heterocycles. The summed E-state index contributed by atoms with van der Waals surface area (Å²) in [6.45, 7) is 7.58. The van der Waals surface area contributed by atoms with E-state index in [4.69, 9.17) is 9.47 Å². The Morgan fingerprint density at radius 2 is 1.70 bits per heavy atom. The summed E-state index contributed by atoms with van der Waals surface area (Å²) in [7, 11) is 1.70. The van der Waals surface area contributed by atoms with Crippen LogP contribution in [0.4, 0.5) is 0 Å². The average molecular weight is 372 g/mol. The first-order valence-electron chi connectivity index (χ1n) is 9.72. The molecule has 2 aromatic rings. The Kier molecular flexibility index (Phi) is 9.32. The lowest BCUT2D eigenvalue weighted by atomic mass is 10.1. The van der Waals surface area contributed by atoms with E-state index < -0.39 is 6.10 Å². The van der Waals surface area contributed by atoms with Gasteiger partial charge < -0.3 is 14.6 Å². The molecule has 0 aliphatic carbocycles. The van der Waals surface area contributed by atoms with Gasteiger partial charge in [0.25, 0.3) is 0 Å². The van der Waals surface area contributed by atoms with Gasteiger partial charge in [-0.1, -0.05) is 62.4 Å². The Balaban J connectivity index is 1.88. The first kappa shape index (κ1) is 21.4. The largest absolute Gasteiger partial charge is 0.496 e. The van der Waals surface area contributed by atoms with E-state index >= 15 is 0 Å². The van der Waals surface area contributed by atoms with Crippen LogP contribution in [0.5, 0.6) is 5.75 Å². The number of benzene rings is 2.